The average molecular weight is 327 g/mol. The molecule has 0 unspecified atom stereocenters. The molecule has 1 aromatic carbocycles. The SMILES string of the molecule is CN1CCN(c2ccc(C(F)(F)F)cc2NC(=O)C2CC2)CC1. The third kappa shape index (κ3) is 3.77. The number of likely N-dealkylation sites (N-methyl/N-ethyl adjacent to an activating group) is 1. The highest BCUT2D eigenvalue weighted by molar-refractivity contribution is 5.97. The number of carbonyl (C=O) groups is 1. The van der Waals surface area contributed by atoms with Crippen LogP contribution in [0.25, 0.3) is 0 Å². The molecule has 1 aliphatic heterocycles. The smallest absolute Gasteiger partial charge is 0.367 e. The standard InChI is InChI=1S/C16H20F3N3O/c1-21-6-8-22(9-7-21)14-5-4-12(16(17,18)19)10-13(14)20-15(23)11-2-3-11/h4-5,10-11H,2-3,6-9H2,1H3,(H,20,23). The Morgan fingerprint density at radius 1 is 1.17 bits per heavy atom. The van der Waals surface area contributed by atoms with Crippen molar-refractivity contribution in [2.45, 2.75) is 19.0 Å². The summed E-state index contributed by atoms with van der Waals surface area (Å²) < 4.78 is 38.9. The number of halogens is 3. The van der Waals surface area contributed by atoms with E-state index in [2.05, 4.69) is 10.2 Å². The van der Waals surface area contributed by atoms with Crippen molar-refractivity contribution >= 4 is 17.3 Å². The summed E-state index contributed by atoms with van der Waals surface area (Å²) in [5.74, 6) is -0.232. The zero-order valence-corrected chi connectivity index (χ0v) is 13.0. The van der Waals surface area contributed by atoms with Crippen LogP contribution in [-0.4, -0.2) is 44.0 Å². The van der Waals surface area contributed by atoms with Crippen molar-refractivity contribution in [1.82, 2.24) is 4.90 Å². The average Bonchev–Trinajstić information content (AvgIpc) is 3.32. The van der Waals surface area contributed by atoms with Crippen molar-refractivity contribution in [2.24, 2.45) is 5.92 Å². The van der Waals surface area contributed by atoms with Crippen LogP contribution in [0.4, 0.5) is 24.5 Å². The fraction of sp³-hybridized carbons (Fsp3) is 0.562. The summed E-state index contributed by atoms with van der Waals surface area (Å²) in [6.07, 6.45) is -2.79. The number of carbonyl (C=O) groups excluding carboxylic acids is 1. The van der Waals surface area contributed by atoms with Gasteiger partial charge in [0, 0.05) is 32.1 Å². The molecule has 1 saturated carbocycles. The van der Waals surface area contributed by atoms with Crippen LogP contribution in [-0.2, 0) is 11.0 Å². The first-order valence-electron chi connectivity index (χ1n) is 7.80. The molecule has 0 atom stereocenters. The van der Waals surface area contributed by atoms with E-state index in [0.29, 0.717) is 5.69 Å². The third-order valence-electron chi connectivity index (χ3n) is 4.37. The molecule has 7 heteroatoms. The first-order chi connectivity index (χ1) is 10.8. The van der Waals surface area contributed by atoms with E-state index in [4.69, 9.17) is 0 Å². The zero-order chi connectivity index (χ0) is 16.6. The van der Waals surface area contributed by atoms with Gasteiger partial charge in [-0.25, -0.2) is 0 Å². The minimum atomic E-state index is -4.42. The monoisotopic (exact) mass is 327 g/mol. The number of hydrogen-bond acceptors (Lipinski definition) is 3. The van der Waals surface area contributed by atoms with E-state index in [1.807, 2.05) is 11.9 Å². The summed E-state index contributed by atoms with van der Waals surface area (Å²) in [7, 11) is 2.01. The van der Waals surface area contributed by atoms with Gasteiger partial charge in [-0.2, -0.15) is 13.2 Å². The van der Waals surface area contributed by atoms with Gasteiger partial charge >= 0.3 is 6.18 Å². The second-order valence-corrected chi connectivity index (χ2v) is 6.28. The van der Waals surface area contributed by atoms with Crippen molar-refractivity contribution in [3.05, 3.63) is 23.8 Å². The first-order valence-corrected chi connectivity index (χ1v) is 7.80. The number of rotatable bonds is 3. The molecular weight excluding hydrogens is 307 g/mol. The van der Waals surface area contributed by atoms with Gasteiger partial charge in [-0.15, -0.1) is 0 Å². The first kappa shape index (κ1) is 16.1. The normalized spacial score (nSPS) is 19.7. The van der Waals surface area contributed by atoms with Crippen LogP contribution in [0.3, 0.4) is 0 Å². The maximum absolute atomic E-state index is 13.0. The minimum absolute atomic E-state index is 0.0510. The summed E-state index contributed by atoms with van der Waals surface area (Å²) in [5, 5.41) is 2.70. The number of amides is 1. The Bertz CT molecular complexity index is 591. The molecule has 126 valence electrons. The Morgan fingerprint density at radius 2 is 1.83 bits per heavy atom. The molecule has 1 heterocycles. The van der Waals surface area contributed by atoms with Gasteiger partial charge < -0.3 is 15.1 Å². The Labute approximate surface area is 133 Å². The molecule has 2 fully saturated rings. The van der Waals surface area contributed by atoms with Gasteiger partial charge in [-0.3, -0.25) is 4.79 Å². The Hall–Kier alpha value is -1.76. The zero-order valence-electron chi connectivity index (χ0n) is 13.0. The van der Waals surface area contributed by atoms with E-state index in [1.54, 1.807) is 0 Å². The van der Waals surface area contributed by atoms with Gasteiger partial charge in [0.2, 0.25) is 5.91 Å². The topological polar surface area (TPSA) is 35.6 Å². The third-order valence-corrected chi connectivity index (χ3v) is 4.37. The maximum Gasteiger partial charge on any atom is 0.416 e. The largest absolute Gasteiger partial charge is 0.416 e. The molecule has 1 amide bonds. The van der Waals surface area contributed by atoms with Crippen molar-refractivity contribution < 1.29 is 18.0 Å². The summed E-state index contributed by atoms with van der Waals surface area (Å²) in [6, 6.07) is 3.60. The van der Waals surface area contributed by atoms with Crippen LogP contribution in [0.1, 0.15) is 18.4 Å². The van der Waals surface area contributed by atoms with Gasteiger partial charge in [-0.1, -0.05) is 0 Å². The lowest BCUT2D eigenvalue weighted by Crippen LogP contribution is -2.44. The number of piperazine rings is 1. The molecule has 1 aliphatic carbocycles. The van der Waals surface area contributed by atoms with Crippen molar-refractivity contribution in [1.29, 1.82) is 0 Å². The lowest BCUT2D eigenvalue weighted by molar-refractivity contribution is -0.137. The summed E-state index contributed by atoms with van der Waals surface area (Å²) in [6.45, 7) is 3.15. The fourth-order valence-corrected chi connectivity index (χ4v) is 2.72. The maximum atomic E-state index is 13.0. The van der Waals surface area contributed by atoms with Crippen molar-refractivity contribution in [2.75, 3.05) is 43.4 Å². The molecule has 1 N–H and O–H groups in total. The van der Waals surface area contributed by atoms with Crippen LogP contribution in [0, 0.1) is 5.92 Å². The second-order valence-electron chi connectivity index (χ2n) is 6.28. The Morgan fingerprint density at radius 3 is 2.39 bits per heavy atom. The number of hydrogen-bond donors (Lipinski definition) is 1. The van der Waals surface area contributed by atoms with Crippen LogP contribution in [0.15, 0.2) is 18.2 Å². The molecule has 0 aromatic heterocycles. The predicted octanol–water partition coefficient (Wildman–Crippen LogP) is 2.81. The van der Waals surface area contributed by atoms with Gasteiger partial charge in [0.1, 0.15) is 0 Å². The number of nitrogens with one attached hydrogen (secondary N) is 1. The van der Waals surface area contributed by atoms with E-state index in [0.717, 1.165) is 51.2 Å². The Balaban J connectivity index is 1.88. The molecular formula is C16H20F3N3O. The van der Waals surface area contributed by atoms with Crippen LogP contribution in [0.5, 0.6) is 0 Å². The number of benzene rings is 1. The molecule has 0 radical (unpaired) electrons. The van der Waals surface area contributed by atoms with Gasteiger partial charge in [0.15, 0.2) is 0 Å². The Kier molecular flexibility index (Phi) is 4.23. The fourth-order valence-electron chi connectivity index (χ4n) is 2.72. The number of alkyl halides is 3. The number of anilines is 2. The molecule has 4 nitrogen and oxygen atoms in total. The lowest BCUT2D eigenvalue weighted by atomic mass is 10.1. The molecule has 1 saturated heterocycles. The van der Waals surface area contributed by atoms with E-state index in [-0.39, 0.29) is 17.5 Å². The van der Waals surface area contributed by atoms with Crippen LogP contribution < -0.4 is 10.2 Å². The molecule has 0 bridgehead atoms. The summed E-state index contributed by atoms with van der Waals surface area (Å²) in [4.78, 5) is 16.2. The summed E-state index contributed by atoms with van der Waals surface area (Å²) in [5.41, 5.74) is 0.197. The van der Waals surface area contributed by atoms with E-state index >= 15 is 0 Å². The molecule has 3 rings (SSSR count). The molecule has 1 aromatic rings. The highest BCUT2D eigenvalue weighted by Gasteiger charge is 2.34. The van der Waals surface area contributed by atoms with Crippen LogP contribution >= 0.6 is 0 Å². The van der Waals surface area contributed by atoms with Crippen molar-refractivity contribution in [3.63, 3.8) is 0 Å². The van der Waals surface area contributed by atoms with Crippen LogP contribution in [0.2, 0.25) is 0 Å². The van der Waals surface area contributed by atoms with E-state index in [1.165, 1.54) is 6.07 Å². The minimum Gasteiger partial charge on any atom is -0.367 e. The molecule has 2 aliphatic rings. The lowest BCUT2D eigenvalue weighted by Gasteiger charge is -2.35. The highest BCUT2D eigenvalue weighted by atomic mass is 19.4. The molecule has 0 spiro atoms. The van der Waals surface area contributed by atoms with Gasteiger partial charge in [0.05, 0.1) is 16.9 Å². The summed E-state index contributed by atoms with van der Waals surface area (Å²) >= 11 is 0. The van der Waals surface area contributed by atoms with Crippen molar-refractivity contribution in [3.8, 4) is 0 Å². The van der Waals surface area contributed by atoms with Gasteiger partial charge in [-0.05, 0) is 38.1 Å². The van der Waals surface area contributed by atoms with E-state index in [9.17, 15) is 18.0 Å². The molecule has 23 heavy (non-hydrogen) atoms. The second kappa shape index (κ2) is 6.03. The quantitative estimate of drug-likeness (QED) is 0.927. The highest BCUT2D eigenvalue weighted by Crippen LogP contribution is 2.37. The number of nitrogens with zero attached hydrogens (tertiary/aromatic N) is 2. The van der Waals surface area contributed by atoms with Gasteiger partial charge in [0.25, 0.3) is 0 Å². The van der Waals surface area contributed by atoms with E-state index < -0.39 is 11.7 Å². The predicted molar refractivity (Wildman–Crippen MR) is 82.5 cm³/mol.